The highest BCUT2D eigenvalue weighted by Gasteiger charge is 2.23. The number of nitrogens with zero attached hydrogens (tertiary/aromatic N) is 1. The molecule has 0 spiro atoms. The lowest BCUT2D eigenvalue weighted by molar-refractivity contribution is 0.131. The van der Waals surface area contributed by atoms with Crippen molar-refractivity contribution in [1.29, 1.82) is 0 Å². The number of hydrogen-bond donors (Lipinski definition) is 0. The summed E-state index contributed by atoms with van der Waals surface area (Å²) < 4.78 is 0. The van der Waals surface area contributed by atoms with Crippen LogP contribution in [0.1, 0.15) is 30.5 Å². The third kappa shape index (κ3) is 2.90. The molecule has 0 aromatic heterocycles. The van der Waals surface area contributed by atoms with Crippen LogP contribution in [-0.4, -0.2) is 5.71 Å². The molecule has 2 nitrogen and oxygen atoms in total. The van der Waals surface area contributed by atoms with E-state index in [9.17, 15) is 0 Å². The van der Waals surface area contributed by atoms with Crippen LogP contribution in [0.25, 0.3) is 5.57 Å². The van der Waals surface area contributed by atoms with Gasteiger partial charge in [0.25, 0.3) is 0 Å². The first-order valence-corrected chi connectivity index (χ1v) is 7.64. The van der Waals surface area contributed by atoms with Gasteiger partial charge in [-0.15, -0.1) is 5.73 Å². The van der Waals surface area contributed by atoms with Crippen LogP contribution in [-0.2, 0) is 11.4 Å². The molecule has 2 aromatic rings. The van der Waals surface area contributed by atoms with Crippen LogP contribution in [0.15, 0.2) is 83.2 Å². The Morgan fingerprint density at radius 1 is 0.913 bits per heavy atom. The monoisotopic (exact) mass is 301 g/mol. The van der Waals surface area contributed by atoms with Gasteiger partial charge in [0.05, 0.1) is 0 Å². The first-order chi connectivity index (χ1) is 11.2. The average Bonchev–Trinajstić information content (AvgIpc) is 2.59. The fraction of sp³-hybridized carbons (Fsp3) is 0.143. The van der Waals surface area contributed by atoms with E-state index in [4.69, 9.17) is 4.84 Å². The Labute approximate surface area is 137 Å². The van der Waals surface area contributed by atoms with Crippen LogP contribution in [0.4, 0.5) is 0 Å². The zero-order chi connectivity index (χ0) is 16.2. The molecule has 1 aliphatic carbocycles. The number of hydrogen-bond acceptors (Lipinski definition) is 2. The molecule has 0 unspecified atom stereocenters. The minimum atomic E-state index is 0.461. The third-order valence-corrected chi connectivity index (χ3v) is 4.15. The normalized spacial score (nSPS) is 15.4. The third-order valence-electron chi connectivity index (χ3n) is 4.15. The zero-order valence-corrected chi connectivity index (χ0v) is 13.5. The second kappa shape index (κ2) is 6.51. The van der Waals surface area contributed by atoms with Gasteiger partial charge in [-0.05, 0) is 36.1 Å². The minimum absolute atomic E-state index is 0.461. The predicted octanol–water partition coefficient (Wildman–Crippen LogP) is 5.13. The van der Waals surface area contributed by atoms with Crippen molar-refractivity contribution < 1.29 is 4.84 Å². The molecule has 0 heterocycles. The molecule has 114 valence electrons. The summed E-state index contributed by atoms with van der Waals surface area (Å²) in [7, 11) is 0. The molecule has 0 N–H and O–H groups in total. The summed E-state index contributed by atoms with van der Waals surface area (Å²) in [5, 5.41) is 4.42. The molecular weight excluding hydrogens is 282 g/mol. The van der Waals surface area contributed by atoms with Gasteiger partial charge >= 0.3 is 0 Å². The van der Waals surface area contributed by atoms with E-state index in [1.165, 1.54) is 0 Å². The molecule has 0 radical (unpaired) electrons. The van der Waals surface area contributed by atoms with Gasteiger partial charge < -0.3 is 4.84 Å². The SMILES string of the molecule is C=C=C1C(C)=C(C)/C(=N/OCc2ccccc2)c2ccccc21. The lowest BCUT2D eigenvalue weighted by Crippen LogP contribution is -2.14. The fourth-order valence-electron chi connectivity index (χ4n) is 2.77. The topological polar surface area (TPSA) is 21.6 Å². The summed E-state index contributed by atoms with van der Waals surface area (Å²) in [6.45, 7) is 8.43. The number of oxime groups is 1. The first-order valence-electron chi connectivity index (χ1n) is 7.64. The summed E-state index contributed by atoms with van der Waals surface area (Å²) in [6.07, 6.45) is 0. The van der Waals surface area contributed by atoms with E-state index in [0.29, 0.717) is 6.61 Å². The molecule has 0 atom stereocenters. The van der Waals surface area contributed by atoms with E-state index in [1.54, 1.807) is 0 Å². The van der Waals surface area contributed by atoms with Gasteiger partial charge in [0.1, 0.15) is 12.3 Å². The largest absolute Gasteiger partial charge is 0.390 e. The fourth-order valence-corrected chi connectivity index (χ4v) is 2.77. The maximum atomic E-state index is 5.61. The standard InChI is InChI=1S/C21H19NO/c1-4-18-15(2)16(3)21(20-13-9-8-12-19(18)20)22-23-14-17-10-6-5-7-11-17/h5-13H,1,14H2,2-3H3/b22-21-. The molecule has 0 saturated heterocycles. The van der Waals surface area contributed by atoms with Gasteiger partial charge in [-0.2, -0.15) is 0 Å². The molecule has 0 aliphatic heterocycles. The first kappa shape index (κ1) is 15.1. The highest BCUT2D eigenvalue weighted by atomic mass is 16.6. The number of allylic oxidation sites excluding steroid dienone is 3. The van der Waals surface area contributed by atoms with Gasteiger partial charge in [0, 0.05) is 11.1 Å². The highest BCUT2D eigenvalue weighted by Crippen LogP contribution is 2.34. The van der Waals surface area contributed by atoms with Crippen molar-refractivity contribution in [2.75, 3.05) is 0 Å². The van der Waals surface area contributed by atoms with Crippen LogP contribution in [0, 0.1) is 0 Å². The minimum Gasteiger partial charge on any atom is -0.390 e. The Morgan fingerprint density at radius 2 is 1.57 bits per heavy atom. The summed E-state index contributed by atoms with van der Waals surface area (Å²) in [5.41, 5.74) is 10.5. The van der Waals surface area contributed by atoms with E-state index in [-0.39, 0.29) is 0 Å². The van der Waals surface area contributed by atoms with E-state index in [2.05, 4.69) is 43.4 Å². The smallest absolute Gasteiger partial charge is 0.142 e. The van der Waals surface area contributed by atoms with E-state index < -0.39 is 0 Å². The van der Waals surface area contributed by atoms with Gasteiger partial charge in [-0.1, -0.05) is 66.3 Å². The second-order valence-electron chi connectivity index (χ2n) is 5.55. The van der Waals surface area contributed by atoms with Gasteiger partial charge in [0.15, 0.2) is 0 Å². The van der Waals surface area contributed by atoms with Gasteiger partial charge in [-0.3, -0.25) is 0 Å². The van der Waals surface area contributed by atoms with Crippen molar-refractivity contribution in [2.24, 2.45) is 5.16 Å². The maximum absolute atomic E-state index is 5.61. The average molecular weight is 301 g/mol. The Morgan fingerprint density at radius 3 is 2.26 bits per heavy atom. The van der Waals surface area contributed by atoms with E-state index in [1.807, 2.05) is 42.5 Å². The summed E-state index contributed by atoms with van der Waals surface area (Å²) >= 11 is 0. The Bertz CT molecular complexity index is 837. The van der Waals surface area contributed by atoms with Crippen molar-refractivity contribution in [3.8, 4) is 0 Å². The molecule has 0 amide bonds. The second-order valence-corrected chi connectivity index (χ2v) is 5.55. The summed E-state index contributed by atoms with van der Waals surface area (Å²) in [4.78, 5) is 5.61. The molecule has 3 rings (SSSR count). The van der Waals surface area contributed by atoms with Crippen LogP contribution in [0.3, 0.4) is 0 Å². The molecular formula is C21H19NO. The van der Waals surface area contributed by atoms with E-state index >= 15 is 0 Å². The number of fused-ring (bicyclic) bond motifs is 1. The van der Waals surface area contributed by atoms with Crippen molar-refractivity contribution in [2.45, 2.75) is 20.5 Å². The molecule has 23 heavy (non-hydrogen) atoms. The van der Waals surface area contributed by atoms with Crippen molar-refractivity contribution in [3.05, 3.63) is 94.7 Å². The zero-order valence-electron chi connectivity index (χ0n) is 13.5. The Hall–Kier alpha value is -2.83. The van der Waals surface area contributed by atoms with Crippen LogP contribution in [0.5, 0.6) is 0 Å². The molecule has 2 heteroatoms. The van der Waals surface area contributed by atoms with Crippen molar-refractivity contribution in [1.82, 2.24) is 0 Å². The van der Waals surface area contributed by atoms with Crippen LogP contribution >= 0.6 is 0 Å². The molecule has 0 saturated carbocycles. The van der Waals surface area contributed by atoms with Crippen molar-refractivity contribution >= 4 is 11.3 Å². The molecule has 2 aromatic carbocycles. The predicted molar refractivity (Wildman–Crippen MR) is 95.1 cm³/mol. The Balaban J connectivity index is 1.96. The number of benzene rings is 2. The van der Waals surface area contributed by atoms with Gasteiger partial charge in [-0.25, -0.2) is 0 Å². The Kier molecular flexibility index (Phi) is 4.27. The van der Waals surface area contributed by atoms with Crippen LogP contribution < -0.4 is 0 Å². The lowest BCUT2D eigenvalue weighted by Gasteiger charge is -2.22. The molecule has 0 bridgehead atoms. The van der Waals surface area contributed by atoms with E-state index in [0.717, 1.165) is 39.1 Å². The quantitative estimate of drug-likeness (QED) is 0.569. The molecule has 0 fully saturated rings. The summed E-state index contributed by atoms with van der Waals surface area (Å²) in [6, 6.07) is 18.2. The van der Waals surface area contributed by atoms with Gasteiger partial charge in [0.2, 0.25) is 0 Å². The lowest BCUT2D eigenvalue weighted by atomic mass is 9.82. The summed E-state index contributed by atoms with van der Waals surface area (Å²) in [5.74, 6) is 0. The number of rotatable bonds is 3. The molecule has 1 aliphatic rings. The highest BCUT2D eigenvalue weighted by molar-refractivity contribution is 6.19. The van der Waals surface area contributed by atoms with Crippen molar-refractivity contribution in [3.63, 3.8) is 0 Å². The maximum Gasteiger partial charge on any atom is 0.142 e. The van der Waals surface area contributed by atoms with Crippen LogP contribution in [0.2, 0.25) is 0 Å².